The van der Waals surface area contributed by atoms with Gasteiger partial charge in [0.05, 0.1) is 0 Å². The van der Waals surface area contributed by atoms with E-state index in [9.17, 15) is 4.79 Å². The number of nitrogens with one attached hydrogen (secondary N) is 1. The number of aromatic nitrogens is 2. The normalized spacial score (nSPS) is 15.2. The molecule has 6 nitrogen and oxygen atoms in total. The van der Waals surface area contributed by atoms with Crippen molar-refractivity contribution in [2.45, 2.75) is 51.6 Å². The first kappa shape index (κ1) is 16.5. The highest BCUT2D eigenvalue weighted by atomic mass is 16.5. The highest BCUT2D eigenvalue weighted by Crippen LogP contribution is 2.24. The topological polar surface area (TPSA) is 71.3 Å². The van der Waals surface area contributed by atoms with Gasteiger partial charge in [0.25, 0.3) is 0 Å². The number of nitrogens with zero attached hydrogens (tertiary/aromatic N) is 3. The number of amides is 2. The SMILES string of the molecule is CNC(=O)N(Cc1nc(-c2ccc(C)cc2)no1)C1CCCCC1. The van der Waals surface area contributed by atoms with Gasteiger partial charge in [-0.2, -0.15) is 4.98 Å². The average Bonchev–Trinajstić information content (AvgIpc) is 3.09. The fourth-order valence-electron chi connectivity index (χ4n) is 3.19. The zero-order valence-corrected chi connectivity index (χ0v) is 14.3. The van der Waals surface area contributed by atoms with Gasteiger partial charge in [-0.05, 0) is 19.8 Å². The van der Waals surface area contributed by atoms with Crippen LogP contribution in [0.1, 0.15) is 43.6 Å². The molecule has 6 heteroatoms. The molecule has 1 heterocycles. The molecule has 0 atom stereocenters. The molecule has 1 aliphatic carbocycles. The van der Waals surface area contributed by atoms with Crippen molar-refractivity contribution in [2.75, 3.05) is 7.05 Å². The molecule has 1 aromatic carbocycles. The summed E-state index contributed by atoms with van der Waals surface area (Å²) in [6.07, 6.45) is 5.64. The van der Waals surface area contributed by atoms with Crippen LogP contribution in [0.2, 0.25) is 0 Å². The van der Waals surface area contributed by atoms with Crippen LogP contribution >= 0.6 is 0 Å². The number of hydrogen-bond acceptors (Lipinski definition) is 4. The monoisotopic (exact) mass is 328 g/mol. The molecular formula is C18H24N4O2. The standard InChI is InChI=1S/C18H24N4O2/c1-13-8-10-14(11-9-13)17-20-16(24-21-17)12-22(18(23)19-2)15-6-4-3-5-7-15/h8-11,15H,3-7,12H2,1-2H3,(H,19,23). The third kappa shape index (κ3) is 3.75. The first-order valence-corrected chi connectivity index (χ1v) is 8.55. The summed E-state index contributed by atoms with van der Waals surface area (Å²) in [5.74, 6) is 1.03. The Bertz CT molecular complexity index is 675. The number of carbonyl (C=O) groups is 1. The molecule has 0 spiro atoms. The van der Waals surface area contributed by atoms with Gasteiger partial charge < -0.3 is 14.7 Å². The highest BCUT2D eigenvalue weighted by Gasteiger charge is 2.26. The van der Waals surface area contributed by atoms with Crippen molar-refractivity contribution >= 4 is 6.03 Å². The molecule has 1 N–H and O–H groups in total. The lowest BCUT2D eigenvalue weighted by molar-refractivity contribution is 0.142. The molecule has 1 aliphatic rings. The summed E-state index contributed by atoms with van der Waals surface area (Å²) < 4.78 is 5.38. The Labute approximate surface area is 142 Å². The Hall–Kier alpha value is -2.37. The van der Waals surface area contributed by atoms with E-state index < -0.39 is 0 Å². The third-order valence-electron chi connectivity index (χ3n) is 4.57. The van der Waals surface area contributed by atoms with E-state index >= 15 is 0 Å². The molecule has 1 fully saturated rings. The first-order chi connectivity index (χ1) is 11.7. The van der Waals surface area contributed by atoms with Crippen LogP contribution in [0.15, 0.2) is 28.8 Å². The Morgan fingerprint density at radius 1 is 1.25 bits per heavy atom. The van der Waals surface area contributed by atoms with Crippen LogP contribution in [-0.2, 0) is 6.54 Å². The minimum absolute atomic E-state index is 0.0861. The summed E-state index contributed by atoms with van der Waals surface area (Å²) in [4.78, 5) is 18.5. The Kier molecular flexibility index (Phi) is 5.13. The minimum atomic E-state index is -0.0861. The quantitative estimate of drug-likeness (QED) is 0.932. The van der Waals surface area contributed by atoms with Gasteiger partial charge in [0, 0.05) is 18.7 Å². The Morgan fingerprint density at radius 2 is 1.96 bits per heavy atom. The van der Waals surface area contributed by atoms with Crippen LogP contribution in [-0.4, -0.2) is 34.2 Å². The van der Waals surface area contributed by atoms with Gasteiger partial charge in [-0.1, -0.05) is 54.2 Å². The largest absolute Gasteiger partial charge is 0.341 e. The molecule has 0 aliphatic heterocycles. The van der Waals surface area contributed by atoms with Crippen LogP contribution < -0.4 is 5.32 Å². The fraction of sp³-hybridized carbons (Fsp3) is 0.500. The summed E-state index contributed by atoms with van der Waals surface area (Å²) in [5.41, 5.74) is 2.10. The van der Waals surface area contributed by atoms with Crippen LogP contribution in [0.4, 0.5) is 4.79 Å². The number of hydrogen-bond donors (Lipinski definition) is 1. The van der Waals surface area contributed by atoms with E-state index in [4.69, 9.17) is 4.52 Å². The third-order valence-corrected chi connectivity index (χ3v) is 4.57. The number of benzene rings is 1. The second kappa shape index (κ2) is 7.47. The van der Waals surface area contributed by atoms with Gasteiger partial charge >= 0.3 is 6.03 Å². The minimum Gasteiger partial charge on any atom is -0.341 e. The molecular weight excluding hydrogens is 304 g/mol. The molecule has 128 valence electrons. The van der Waals surface area contributed by atoms with E-state index in [0.717, 1.165) is 31.2 Å². The summed E-state index contributed by atoms with van der Waals surface area (Å²) in [6, 6.07) is 8.14. The first-order valence-electron chi connectivity index (χ1n) is 8.55. The molecule has 2 aromatic rings. The second-order valence-electron chi connectivity index (χ2n) is 6.35. The van der Waals surface area contributed by atoms with Crippen molar-refractivity contribution in [1.82, 2.24) is 20.4 Å². The molecule has 0 unspecified atom stereocenters. The van der Waals surface area contributed by atoms with Crippen molar-refractivity contribution in [2.24, 2.45) is 0 Å². The lowest BCUT2D eigenvalue weighted by Gasteiger charge is -2.33. The van der Waals surface area contributed by atoms with E-state index in [1.54, 1.807) is 7.05 Å². The van der Waals surface area contributed by atoms with Crippen LogP contribution in [0.3, 0.4) is 0 Å². The molecule has 1 aromatic heterocycles. The molecule has 2 amide bonds. The van der Waals surface area contributed by atoms with Crippen LogP contribution in [0, 0.1) is 6.92 Å². The van der Waals surface area contributed by atoms with Gasteiger partial charge in [0.15, 0.2) is 0 Å². The summed E-state index contributed by atoms with van der Waals surface area (Å²) >= 11 is 0. The van der Waals surface area contributed by atoms with Gasteiger partial charge in [0.1, 0.15) is 6.54 Å². The van der Waals surface area contributed by atoms with E-state index in [0.29, 0.717) is 18.3 Å². The Balaban J connectivity index is 1.75. The van der Waals surface area contributed by atoms with Gasteiger partial charge in [0.2, 0.25) is 11.7 Å². The summed E-state index contributed by atoms with van der Waals surface area (Å²) in [7, 11) is 1.66. The average molecular weight is 328 g/mol. The fourth-order valence-corrected chi connectivity index (χ4v) is 3.19. The van der Waals surface area contributed by atoms with Gasteiger partial charge in [-0.15, -0.1) is 0 Å². The van der Waals surface area contributed by atoms with Crippen molar-refractivity contribution in [3.05, 3.63) is 35.7 Å². The van der Waals surface area contributed by atoms with E-state index in [2.05, 4.69) is 15.5 Å². The number of rotatable bonds is 4. The zero-order valence-electron chi connectivity index (χ0n) is 14.3. The highest BCUT2D eigenvalue weighted by molar-refractivity contribution is 5.74. The number of carbonyl (C=O) groups excluding carboxylic acids is 1. The molecule has 24 heavy (non-hydrogen) atoms. The maximum absolute atomic E-state index is 12.3. The zero-order chi connectivity index (χ0) is 16.9. The van der Waals surface area contributed by atoms with Gasteiger partial charge in [-0.25, -0.2) is 4.79 Å². The summed E-state index contributed by atoms with van der Waals surface area (Å²) in [6.45, 7) is 2.39. The van der Waals surface area contributed by atoms with Crippen molar-refractivity contribution in [3.8, 4) is 11.4 Å². The van der Waals surface area contributed by atoms with Crippen LogP contribution in [0.25, 0.3) is 11.4 Å². The second-order valence-corrected chi connectivity index (χ2v) is 6.35. The lowest BCUT2D eigenvalue weighted by atomic mass is 9.94. The molecule has 0 radical (unpaired) electrons. The predicted octanol–water partition coefficient (Wildman–Crippen LogP) is 3.52. The maximum Gasteiger partial charge on any atom is 0.317 e. The Morgan fingerprint density at radius 3 is 2.62 bits per heavy atom. The maximum atomic E-state index is 12.3. The van der Waals surface area contributed by atoms with E-state index in [-0.39, 0.29) is 12.1 Å². The van der Waals surface area contributed by atoms with E-state index in [1.807, 2.05) is 36.1 Å². The smallest absolute Gasteiger partial charge is 0.317 e. The van der Waals surface area contributed by atoms with Crippen molar-refractivity contribution < 1.29 is 9.32 Å². The molecule has 3 rings (SSSR count). The van der Waals surface area contributed by atoms with Gasteiger partial charge in [-0.3, -0.25) is 0 Å². The molecule has 1 saturated carbocycles. The van der Waals surface area contributed by atoms with Crippen molar-refractivity contribution in [1.29, 1.82) is 0 Å². The number of urea groups is 1. The molecule has 0 saturated heterocycles. The van der Waals surface area contributed by atoms with Crippen LogP contribution in [0.5, 0.6) is 0 Å². The number of aryl methyl sites for hydroxylation is 1. The van der Waals surface area contributed by atoms with E-state index in [1.165, 1.54) is 12.0 Å². The predicted molar refractivity (Wildman–Crippen MR) is 91.3 cm³/mol. The summed E-state index contributed by atoms with van der Waals surface area (Å²) in [5, 5.41) is 6.78. The molecule has 0 bridgehead atoms. The van der Waals surface area contributed by atoms with Crippen molar-refractivity contribution in [3.63, 3.8) is 0 Å². The lowest BCUT2D eigenvalue weighted by Crippen LogP contribution is -2.45.